The summed E-state index contributed by atoms with van der Waals surface area (Å²) in [5.41, 5.74) is 8.32. The molecule has 0 aromatic carbocycles. The van der Waals surface area contributed by atoms with Crippen LogP contribution in [0.5, 0.6) is 5.88 Å². The van der Waals surface area contributed by atoms with Gasteiger partial charge in [0.15, 0.2) is 0 Å². The van der Waals surface area contributed by atoms with Crippen molar-refractivity contribution in [2.45, 2.75) is 71.1 Å². The second-order valence-electron chi connectivity index (χ2n) is 9.39. The number of aromatic nitrogens is 4. The van der Waals surface area contributed by atoms with E-state index >= 15 is 0 Å². The van der Waals surface area contributed by atoms with Crippen molar-refractivity contribution in [3.63, 3.8) is 0 Å². The quantitative estimate of drug-likeness (QED) is 0.656. The number of pyridine rings is 2. The molecule has 1 saturated carbocycles. The van der Waals surface area contributed by atoms with Crippen LogP contribution in [0.2, 0.25) is 0 Å². The van der Waals surface area contributed by atoms with Gasteiger partial charge in [0.05, 0.1) is 24.5 Å². The van der Waals surface area contributed by atoms with Crippen molar-refractivity contribution in [1.29, 1.82) is 0 Å². The van der Waals surface area contributed by atoms with Gasteiger partial charge in [0.25, 0.3) is 5.56 Å². The van der Waals surface area contributed by atoms with Crippen LogP contribution in [0.1, 0.15) is 58.2 Å². The Bertz CT molecular complexity index is 1170. The van der Waals surface area contributed by atoms with E-state index < -0.39 is 0 Å². The third-order valence-electron chi connectivity index (χ3n) is 5.89. The van der Waals surface area contributed by atoms with Crippen molar-refractivity contribution in [3.05, 3.63) is 40.4 Å². The van der Waals surface area contributed by atoms with E-state index in [0.717, 1.165) is 42.3 Å². The van der Waals surface area contributed by atoms with E-state index in [0.29, 0.717) is 17.1 Å². The molecule has 1 aliphatic rings. The summed E-state index contributed by atoms with van der Waals surface area (Å²) in [5.74, 6) is 0.672. The smallest absolute Gasteiger partial charge is 0.260 e. The van der Waals surface area contributed by atoms with Crippen LogP contribution in [0.3, 0.4) is 0 Å². The molecular weight excluding hydrogens is 406 g/mol. The monoisotopic (exact) mass is 437 g/mol. The normalized spacial score (nSPS) is 19.3. The molecule has 0 spiro atoms. The van der Waals surface area contributed by atoms with E-state index in [4.69, 9.17) is 15.2 Å². The molecule has 0 radical (unpaired) electrons. The first kappa shape index (κ1) is 22.2. The van der Waals surface area contributed by atoms with Crippen molar-refractivity contribution in [2.75, 3.05) is 12.8 Å². The minimum atomic E-state index is -0.179. The molecule has 0 amide bonds. The lowest BCUT2D eigenvalue weighted by Crippen LogP contribution is -2.34. The molecular formula is C24H31N5O3. The van der Waals surface area contributed by atoms with Gasteiger partial charge in [-0.25, -0.2) is 9.97 Å². The fourth-order valence-electron chi connectivity index (χ4n) is 4.50. The predicted molar refractivity (Wildman–Crippen MR) is 125 cm³/mol. The van der Waals surface area contributed by atoms with Crippen LogP contribution in [0.25, 0.3) is 22.2 Å². The molecule has 0 aliphatic heterocycles. The van der Waals surface area contributed by atoms with Crippen LogP contribution < -0.4 is 16.0 Å². The third-order valence-corrected chi connectivity index (χ3v) is 5.89. The van der Waals surface area contributed by atoms with Crippen LogP contribution in [0.4, 0.5) is 5.95 Å². The number of ether oxygens (including phenoxy) is 2. The van der Waals surface area contributed by atoms with E-state index in [2.05, 4.69) is 35.7 Å². The van der Waals surface area contributed by atoms with Gasteiger partial charge < -0.3 is 15.2 Å². The number of nitrogen functional groups attached to an aromatic ring is 1. The molecule has 3 aromatic heterocycles. The van der Waals surface area contributed by atoms with Crippen LogP contribution in [0, 0.1) is 6.92 Å². The average Bonchev–Trinajstić information content (AvgIpc) is 2.73. The zero-order valence-corrected chi connectivity index (χ0v) is 19.4. The van der Waals surface area contributed by atoms with Crippen LogP contribution >= 0.6 is 0 Å². The van der Waals surface area contributed by atoms with Gasteiger partial charge in [-0.15, -0.1) is 0 Å². The summed E-state index contributed by atoms with van der Waals surface area (Å²) in [6, 6.07) is 5.47. The first-order chi connectivity index (χ1) is 15.2. The maximum absolute atomic E-state index is 13.7. The SMILES string of the molecule is COc1ccc(-c2cc3c(C)nc(N)nc3n(C3CCC(OC(C)(C)C)CC3)c2=O)cn1. The molecule has 1 fully saturated rings. The average molecular weight is 438 g/mol. The van der Waals surface area contributed by atoms with E-state index in [9.17, 15) is 4.79 Å². The summed E-state index contributed by atoms with van der Waals surface area (Å²) in [6.45, 7) is 8.11. The Balaban J connectivity index is 1.80. The zero-order valence-electron chi connectivity index (χ0n) is 19.4. The van der Waals surface area contributed by atoms with E-state index in [-0.39, 0.29) is 29.3 Å². The summed E-state index contributed by atoms with van der Waals surface area (Å²) in [5, 5.41) is 0.817. The van der Waals surface area contributed by atoms with Gasteiger partial charge >= 0.3 is 0 Å². The highest BCUT2D eigenvalue weighted by atomic mass is 16.5. The molecule has 0 unspecified atom stereocenters. The minimum absolute atomic E-state index is 0.0182. The van der Waals surface area contributed by atoms with Gasteiger partial charge in [0.2, 0.25) is 11.8 Å². The fraction of sp³-hybridized carbons (Fsp3) is 0.500. The Labute approximate surface area is 187 Å². The number of hydrogen-bond acceptors (Lipinski definition) is 7. The highest BCUT2D eigenvalue weighted by Crippen LogP contribution is 2.34. The van der Waals surface area contributed by atoms with E-state index in [1.165, 1.54) is 0 Å². The summed E-state index contributed by atoms with van der Waals surface area (Å²) >= 11 is 0. The lowest BCUT2D eigenvalue weighted by atomic mass is 9.91. The van der Waals surface area contributed by atoms with Crippen molar-refractivity contribution in [3.8, 4) is 17.0 Å². The van der Waals surface area contributed by atoms with Crippen molar-refractivity contribution >= 4 is 17.0 Å². The van der Waals surface area contributed by atoms with Crippen LogP contribution in [-0.4, -0.2) is 38.3 Å². The summed E-state index contributed by atoms with van der Waals surface area (Å²) < 4.78 is 13.2. The number of hydrogen-bond donors (Lipinski definition) is 1. The highest BCUT2D eigenvalue weighted by molar-refractivity contribution is 5.84. The molecule has 8 nitrogen and oxygen atoms in total. The Morgan fingerprint density at radius 1 is 1.12 bits per heavy atom. The molecule has 1 aliphatic carbocycles. The highest BCUT2D eigenvalue weighted by Gasteiger charge is 2.29. The van der Waals surface area contributed by atoms with Crippen molar-refractivity contribution in [2.24, 2.45) is 0 Å². The largest absolute Gasteiger partial charge is 0.481 e. The number of rotatable bonds is 4. The molecule has 3 heterocycles. The Morgan fingerprint density at radius 3 is 2.44 bits per heavy atom. The maximum Gasteiger partial charge on any atom is 0.260 e. The fourth-order valence-corrected chi connectivity index (χ4v) is 4.50. The van der Waals surface area contributed by atoms with Crippen LogP contribution in [-0.2, 0) is 4.74 Å². The van der Waals surface area contributed by atoms with Crippen LogP contribution in [0.15, 0.2) is 29.2 Å². The molecule has 0 saturated heterocycles. The molecule has 170 valence electrons. The second-order valence-corrected chi connectivity index (χ2v) is 9.39. The minimum Gasteiger partial charge on any atom is -0.481 e. The molecule has 2 N–H and O–H groups in total. The molecule has 4 rings (SSSR count). The Kier molecular flexibility index (Phi) is 5.90. The summed E-state index contributed by atoms with van der Waals surface area (Å²) in [7, 11) is 1.57. The Hall–Kier alpha value is -3.00. The van der Waals surface area contributed by atoms with E-state index in [1.54, 1.807) is 19.4 Å². The first-order valence-corrected chi connectivity index (χ1v) is 11.0. The molecule has 0 atom stereocenters. The number of fused-ring (bicyclic) bond motifs is 1. The zero-order chi connectivity index (χ0) is 23.0. The number of nitrogens with zero attached hydrogens (tertiary/aromatic N) is 4. The molecule has 0 bridgehead atoms. The van der Waals surface area contributed by atoms with Gasteiger partial charge in [0.1, 0.15) is 5.65 Å². The van der Waals surface area contributed by atoms with Gasteiger partial charge in [-0.2, -0.15) is 4.98 Å². The number of aryl methyl sites for hydroxylation is 1. The third kappa shape index (κ3) is 4.46. The van der Waals surface area contributed by atoms with Gasteiger partial charge in [-0.05, 0) is 65.5 Å². The van der Waals surface area contributed by atoms with Gasteiger partial charge in [0, 0.05) is 34.8 Å². The topological polar surface area (TPSA) is 105 Å². The summed E-state index contributed by atoms with van der Waals surface area (Å²) in [4.78, 5) is 26.8. The van der Waals surface area contributed by atoms with Gasteiger partial charge in [-0.3, -0.25) is 9.36 Å². The standard InChI is InChI=1S/C24H31N5O3/c1-14-18-12-19(15-6-11-20(31-5)26-13-15)22(30)29(21(18)28-23(25)27-14)16-7-9-17(10-8-16)32-24(2,3)4/h6,11-13,16-17H,7-10H2,1-5H3,(H2,25,27,28). The predicted octanol–water partition coefficient (Wildman–Crippen LogP) is 4.05. The Morgan fingerprint density at radius 2 is 1.84 bits per heavy atom. The lowest BCUT2D eigenvalue weighted by Gasteiger charge is -2.34. The van der Waals surface area contributed by atoms with Crippen molar-refractivity contribution < 1.29 is 9.47 Å². The lowest BCUT2D eigenvalue weighted by molar-refractivity contribution is -0.0774. The molecule has 3 aromatic rings. The van der Waals surface area contributed by atoms with E-state index in [1.807, 2.05) is 23.6 Å². The van der Waals surface area contributed by atoms with Crippen molar-refractivity contribution in [1.82, 2.24) is 19.5 Å². The number of nitrogens with two attached hydrogens (primary N) is 1. The number of anilines is 1. The maximum atomic E-state index is 13.7. The van der Waals surface area contributed by atoms with Gasteiger partial charge in [-0.1, -0.05) is 0 Å². The summed E-state index contributed by atoms with van der Waals surface area (Å²) in [6.07, 6.45) is 5.32. The molecule has 32 heavy (non-hydrogen) atoms. The number of methoxy groups -OCH3 is 1. The molecule has 8 heteroatoms. The first-order valence-electron chi connectivity index (χ1n) is 11.0. The second kappa shape index (κ2) is 8.50.